The van der Waals surface area contributed by atoms with Gasteiger partial charge in [-0.2, -0.15) is 5.10 Å². The molecule has 0 amide bonds. The summed E-state index contributed by atoms with van der Waals surface area (Å²) in [4.78, 5) is 11.0. The van der Waals surface area contributed by atoms with Crippen LogP contribution in [0.1, 0.15) is 25.5 Å². The molecular weight excluding hydrogens is 206 g/mol. The summed E-state index contributed by atoms with van der Waals surface area (Å²) in [6.45, 7) is 4.82. The molecule has 0 saturated carbocycles. The Morgan fingerprint density at radius 1 is 1.44 bits per heavy atom. The highest BCUT2D eigenvalue weighted by Crippen LogP contribution is 2.01. The Kier molecular flexibility index (Phi) is 5.25. The standard InChI is InChI=1S/C11H17N3O2/c1-3-16-11(15)5-4-8-12-10-7-6-9(2)13-14-10/h6-7H,3-5,8H2,1-2H3,(H,12,14). The fourth-order valence-corrected chi connectivity index (χ4v) is 1.18. The second-order valence-corrected chi connectivity index (χ2v) is 3.40. The van der Waals surface area contributed by atoms with Crippen LogP contribution in [0.25, 0.3) is 0 Å². The van der Waals surface area contributed by atoms with Crippen LogP contribution < -0.4 is 5.32 Å². The van der Waals surface area contributed by atoms with E-state index in [1.165, 1.54) is 0 Å². The van der Waals surface area contributed by atoms with Gasteiger partial charge in [0.15, 0.2) is 0 Å². The van der Waals surface area contributed by atoms with Crippen LogP contribution in [0.4, 0.5) is 5.82 Å². The number of aromatic nitrogens is 2. The summed E-state index contributed by atoms with van der Waals surface area (Å²) in [5, 5.41) is 11.0. The highest BCUT2D eigenvalue weighted by molar-refractivity contribution is 5.69. The van der Waals surface area contributed by atoms with Crippen LogP contribution >= 0.6 is 0 Å². The van der Waals surface area contributed by atoms with Crippen LogP contribution in [0.15, 0.2) is 12.1 Å². The summed E-state index contributed by atoms with van der Waals surface area (Å²) in [6, 6.07) is 3.76. The van der Waals surface area contributed by atoms with Gasteiger partial charge in [-0.15, -0.1) is 5.10 Å². The van der Waals surface area contributed by atoms with E-state index < -0.39 is 0 Å². The van der Waals surface area contributed by atoms with Crippen molar-refractivity contribution in [3.8, 4) is 0 Å². The molecule has 0 aromatic carbocycles. The highest BCUT2D eigenvalue weighted by atomic mass is 16.5. The second-order valence-electron chi connectivity index (χ2n) is 3.40. The Balaban J connectivity index is 2.16. The van der Waals surface area contributed by atoms with Crippen molar-refractivity contribution in [3.05, 3.63) is 17.8 Å². The van der Waals surface area contributed by atoms with Gasteiger partial charge in [0.05, 0.1) is 12.3 Å². The van der Waals surface area contributed by atoms with Crippen molar-refractivity contribution >= 4 is 11.8 Å². The van der Waals surface area contributed by atoms with Crippen molar-refractivity contribution < 1.29 is 9.53 Å². The minimum absolute atomic E-state index is 0.153. The zero-order chi connectivity index (χ0) is 11.8. The molecule has 0 unspecified atom stereocenters. The summed E-state index contributed by atoms with van der Waals surface area (Å²) in [6.07, 6.45) is 1.16. The van der Waals surface area contributed by atoms with Crippen molar-refractivity contribution in [2.75, 3.05) is 18.5 Å². The maximum atomic E-state index is 11.0. The second kappa shape index (κ2) is 6.76. The third kappa shape index (κ3) is 4.72. The number of aryl methyl sites for hydroxylation is 1. The summed E-state index contributed by atoms with van der Waals surface area (Å²) < 4.78 is 4.82. The van der Waals surface area contributed by atoms with Gasteiger partial charge in [0, 0.05) is 13.0 Å². The minimum Gasteiger partial charge on any atom is -0.466 e. The zero-order valence-corrected chi connectivity index (χ0v) is 9.69. The lowest BCUT2D eigenvalue weighted by Gasteiger charge is -2.04. The highest BCUT2D eigenvalue weighted by Gasteiger charge is 2.00. The van der Waals surface area contributed by atoms with Gasteiger partial charge in [-0.05, 0) is 32.4 Å². The Morgan fingerprint density at radius 2 is 2.25 bits per heavy atom. The number of carbonyl (C=O) groups excluding carboxylic acids is 1. The van der Waals surface area contributed by atoms with Gasteiger partial charge < -0.3 is 10.1 Å². The van der Waals surface area contributed by atoms with Gasteiger partial charge in [0.2, 0.25) is 0 Å². The van der Waals surface area contributed by atoms with Crippen molar-refractivity contribution in [3.63, 3.8) is 0 Å². The lowest BCUT2D eigenvalue weighted by atomic mass is 10.3. The molecule has 1 aromatic rings. The summed E-state index contributed by atoms with van der Waals surface area (Å²) in [5.41, 5.74) is 0.886. The van der Waals surface area contributed by atoms with E-state index in [9.17, 15) is 4.79 Å². The average Bonchev–Trinajstić information content (AvgIpc) is 2.27. The van der Waals surface area contributed by atoms with E-state index in [0.29, 0.717) is 19.6 Å². The number of ether oxygens (including phenoxy) is 1. The minimum atomic E-state index is -0.153. The predicted octanol–water partition coefficient (Wildman–Crippen LogP) is 1.54. The van der Waals surface area contributed by atoms with Crippen LogP contribution in [0.5, 0.6) is 0 Å². The Bertz CT molecular complexity index is 325. The smallest absolute Gasteiger partial charge is 0.305 e. The van der Waals surface area contributed by atoms with Gasteiger partial charge in [0.1, 0.15) is 5.82 Å². The van der Waals surface area contributed by atoms with E-state index in [1.807, 2.05) is 19.1 Å². The largest absolute Gasteiger partial charge is 0.466 e. The average molecular weight is 223 g/mol. The van der Waals surface area contributed by atoms with Crippen molar-refractivity contribution in [1.29, 1.82) is 0 Å². The number of esters is 1. The van der Waals surface area contributed by atoms with Crippen molar-refractivity contribution in [2.24, 2.45) is 0 Å². The van der Waals surface area contributed by atoms with Crippen LogP contribution in [-0.4, -0.2) is 29.3 Å². The predicted molar refractivity (Wildman–Crippen MR) is 61.1 cm³/mol. The molecule has 0 bridgehead atoms. The number of carbonyl (C=O) groups is 1. The number of hydrogen-bond acceptors (Lipinski definition) is 5. The van der Waals surface area contributed by atoms with E-state index in [2.05, 4.69) is 15.5 Å². The number of rotatable bonds is 6. The molecule has 5 nitrogen and oxygen atoms in total. The molecule has 1 aromatic heterocycles. The first kappa shape index (κ1) is 12.4. The van der Waals surface area contributed by atoms with E-state index >= 15 is 0 Å². The van der Waals surface area contributed by atoms with Gasteiger partial charge in [-0.3, -0.25) is 4.79 Å². The van der Waals surface area contributed by atoms with E-state index in [0.717, 1.165) is 17.9 Å². The fourth-order valence-electron chi connectivity index (χ4n) is 1.18. The summed E-state index contributed by atoms with van der Waals surface area (Å²) in [7, 11) is 0. The molecule has 0 aliphatic heterocycles. The molecule has 1 heterocycles. The number of hydrogen-bond donors (Lipinski definition) is 1. The molecule has 0 radical (unpaired) electrons. The molecule has 88 valence electrons. The molecule has 0 saturated heterocycles. The van der Waals surface area contributed by atoms with Gasteiger partial charge in [-0.1, -0.05) is 0 Å². The fraction of sp³-hybridized carbons (Fsp3) is 0.545. The van der Waals surface area contributed by atoms with E-state index in [1.54, 1.807) is 6.92 Å². The number of nitrogens with zero attached hydrogens (tertiary/aromatic N) is 2. The Labute approximate surface area is 95.2 Å². The quantitative estimate of drug-likeness (QED) is 0.585. The molecule has 0 spiro atoms. The topological polar surface area (TPSA) is 64.1 Å². The van der Waals surface area contributed by atoms with Crippen LogP contribution in [0.2, 0.25) is 0 Å². The SMILES string of the molecule is CCOC(=O)CCCNc1ccc(C)nn1. The zero-order valence-electron chi connectivity index (χ0n) is 9.69. The van der Waals surface area contributed by atoms with Gasteiger partial charge in [-0.25, -0.2) is 0 Å². The van der Waals surface area contributed by atoms with Crippen molar-refractivity contribution in [2.45, 2.75) is 26.7 Å². The van der Waals surface area contributed by atoms with E-state index in [4.69, 9.17) is 4.74 Å². The first-order valence-electron chi connectivity index (χ1n) is 5.42. The molecule has 0 fully saturated rings. The van der Waals surface area contributed by atoms with E-state index in [-0.39, 0.29) is 5.97 Å². The van der Waals surface area contributed by atoms with Crippen LogP contribution in [0.3, 0.4) is 0 Å². The van der Waals surface area contributed by atoms with Crippen molar-refractivity contribution in [1.82, 2.24) is 10.2 Å². The Morgan fingerprint density at radius 3 is 2.88 bits per heavy atom. The van der Waals surface area contributed by atoms with Crippen LogP contribution in [-0.2, 0) is 9.53 Å². The lowest BCUT2D eigenvalue weighted by Crippen LogP contribution is -2.09. The first-order valence-corrected chi connectivity index (χ1v) is 5.42. The molecule has 0 aliphatic rings. The third-order valence-corrected chi connectivity index (χ3v) is 1.97. The van der Waals surface area contributed by atoms with Gasteiger partial charge >= 0.3 is 5.97 Å². The lowest BCUT2D eigenvalue weighted by molar-refractivity contribution is -0.143. The molecule has 1 N–H and O–H groups in total. The third-order valence-electron chi connectivity index (χ3n) is 1.97. The summed E-state index contributed by atoms with van der Waals surface area (Å²) in [5.74, 6) is 0.578. The molecule has 1 rings (SSSR count). The summed E-state index contributed by atoms with van der Waals surface area (Å²) >= 11 is 0. The molecule has 16 heavy (non-hydrogen) atoms. The molecule has 0 aliphatic carbocycles. The normalized spacial score (nSPS) is 9.88. The number of nitrogens with one attached hydrogen (secondary N) is 1. The molecule has 5 heteroatoms. The maximum absolute atomic E-state index is 11.0. The first-order chi connectivity index (χ1) is 7.72. The monoisotopic (exact) mass is 223 g/mol. The molecular formula is C11H17N3O2. The van der Waals surface area contributed by atoms with Gasteiger partial charge in [0.25, 0.3) is 0 Å². The molecule has 0 atom stereocenters. The maximum Gasteiger partial charge on any atom is 0.305 e. The Hall–Kier alpha value is -1.65. The van der Waals surface area contributed by atoms with Crippen LogP contribution in [0, 0.1) is 6.92 Å². The number of anilines is 1.